The van der Waals surface area contributed by atoms with E-state index in [1.54, 1.807) is 29.2 Å². The molecule has 0 bridgehead atoms. The van der Waals surface area contributed by atoms with Crippen molar-refractivity contribution in [2.24, 2.45) is 0 Å². The lowest BCUT2D eigenvalue weighted by molar-refractivity contribution is 0.0743. The summed E-state index contributed by atoms with van der Waals surface area (Å²) >= 11 is 0.406. The van der Waals surface area contributed by atoms with E-state index >= 15 is 0 Å². The van der Waals surface area contributed by atoms with E-state index in [0.29, 0.717) is 61.6 Å². The summed E-state index contributed by atoms with van der Waals surface area (Å²) in [5, 5.41) is 8.70. The third-order valence-electron chi connectivity index (χ3n) is 5.20. The van der Waals surface area contributed by atoms with Crippen LogP contribution >= 0.6 is 11.8 Å². The van der Waals surface area contributed by atoms with Crippen molar-refractivity contribution in [3.8, 4) is 0 Å². The van der Waals surface area contributed by atoms with Gasteiger partial charge in [0.05, 0.1) is 18.8 Å². The molecule has 0 spiro atoms. The van der Waals surface area contributed by atoms with Crippen molar-refractivity contribution in [1.29, 1.82) is 0 Å². The van der Waals surface area contributed by atoms with Crippen molar-refractivity contribution in [1.82, 2.24) is 15.1 Å². The fraction of sp³-hybridized carbons (Fsp3) is 0.450. The molecule has 2 saturated heterocycles. The fourth-order valence-corrected chi connectivity index (χ4v) is 4.23. The van der Waals surface area contributed by atoms with Gasteiger partial charge in [-0.1, -0.05) is 23.9 Å². The number of nitrogens with zero attached hydrogens (tertiary/aromatic N) is 5. The number of carbonyl (C=O) groups excluding carboxylic acids is 1. The summed E-state index contributed by atoms with van der Waals surface area (Å²) in [4.78, 5) is 19.1. The first kappa shape index (κ1) is 20.8. The molecular formula is C20H23F2N5O2S. The molecule has 3 heterocycles. The van der Waals surface area contributed by atoms with E-state index in [-0.39, 0.29) is 5.91 Å². The predicted octanol–water partition coefficient (Wildman–Crippen LogP) is 2.59. The van der Waals surface area contributed by atoms with E-state index in [2.05, 4.69) is 20.0 Å². The van der Waals surface area contributed by atoms with Crippen LogP contribution in [0.25, 0.3) is 0 Å². The van der Waals surface area contributed by atoms with Crippen molar-refractivity contribution in [2.75, 3.05) is 62.3 Å². The minimum absolute atomic E-state index is 0.216. The Kier molecular flexibility index (Phi) is 6.63. The summed E-state index contributed by atoms with van der Waals surface area (Å²) in [5.41, 5.74) is 0.325. The normalized spacial score (nSPS) is 17.5. The standard InChI is InChI=1S/C20H23F2N5O2S/c21-20(22)30-16-4-2-1-3-15(16)19(28)27-9-7-25(8-10-27)17-5-6-18(24-23-17)26-11-13-29-14-12-26/h1-6,20H,7-14H2. The van der Waals surface area contributed by atoms with Crippen LogP contribution in [-0.4, -0.2) is 79.2 Å². The molecule has 0 atom stereocenters. The molecule has 2 aliphatic heterocycles. The molecule has 0 aliphatic carbocycles. The maximum absolute atomic E-state index is 12.9. The molecule has 2 aliphatic rings. The number of hydrogen-bond acceptors (Lipinski definition) is 7. The SMILES string of the molecule is O=C(c1ccccc1SC(F)F)N1CCN(c2ccc(N3CCOCC3)nn2)CC1. The number of aromatic nitrogens is 2. The highest BCUT2D eigenvalue weighted by Gasteiger charge is 2.25. The lowest BCUT2D eigenvalue weighted by atomic mass is 10.2. The second kappa shape index (κ2) is 9.57. The van der Waals surface area contributed by atoms with E-state index < -0.39 is 5.76 Å². The highest BCUT2D eigenvalue weighted by atomic mass is 32.2. The van der Waals surface area contributed by atoms with Gasteiger partial charge in [0.25, 0.3) is 11.7 Å². The largest absolute Gasteiger partial charge is 0.378 e. The summed E-state index contributed by atoms with van der Waals surface area (Å²) in [6, 6.07) is 10.4. The number of hydrogen-bond donors (Lipinski definition) is 0. The third kappa shape index (κ3) is 4.81. The van der Waals surface area contributed by atoms with E-state index in [4.69, 9.17) is 4.74 Å². The molecule has 2 fully saturated rings. The van der Waals surface area contributed by atoms with Crippen LogP contribution < -0.4 is 9.80 Å². The van der Waals surface area contributed by atoms with Crippen molar-refractivity contribution in [3.05, 3.63) is 42.0 Å². The molecule has 1 aromatic heterocycles. The van der Waals surface area contributed by atoms with Gasteiger partial charge in [0.2, 0.25) is 0 Å². The van der Waals surface area contributed by atoms with Crippen LogP contribution in [0.5, 0.6) is 0 Å². The summed E-state index contributed by atoms with van der Waals surface area (Å²) in [5.74, 6) is -1.17. The van der Waals surface area contributed by atoms with Gasteiger partial charge in [0, 0.05) is 44.2 Å². The van der Waals surface area contributed by atoms with E-state index in [1.807, 2.05) is 12.1 Å². The number of ether oxygens (including phenoxy) is 1. The average molecular weight is 436 g/mol. The van der Waals surface area contributed by atoms with Gasteiger partial charge in [0.1, 0.15) is 0 Å². The Morgan fingerprint density at radius 2 is 1.50 bits per heavy atom. The Morgan fingerprint density at radius 3 is 2.10 bits per heavy atom. The van der Waals surface area contributed by atoms with Crippen LogP contribution in [0.2, 0.25) is 0 Å². The van der Waals surface area contributed by atoms with Gasteiger partial charge in [-0.3, -0.25) is 4.79 Å². The molecule has 1 aromatic carbocycles. The van der Waals surface area contributed by atoms with Gasteiger partial charge >= 0.3 is 0 Å². The van der Waals surface area contributed by atoms with Crippen LogP contribution in [0, 0.1) is 0 Å². The van der Waals surface area contributed by atoms with Crippen molar-refractivity contribution in [2.45, 2.75) is 10.7 Å². The molecule has 160 valence electrons. The first-order valence-corrected chi connectivity index (χ1v) is 10.7. The number of amides is 1. The summed E-state index contributed by atoms with van der Waals surface area (Å²) < 4.78 is 31.0. The first-order valence-electron chi connectivity index (χ1n) is 9.86. The number of piperazine rings is 1. The van der Waals surface area contributed by atoms with Crippen LogP contribution in [0.4, 0.5) is 20.4 Å². The number of morpholine rings is 1. The molecule has 0 saturated carbocycles. The van der Waals surface area contributed by atoms with E-state index in [0.717, 1.165) is 24.7 Å². The Bertz CT molecular complexity index is 857. The van der Waals surface area contributed by atoms with Crippen molar-refractivity contribution in [3.63, 3.8) is 0 Å². The van der Waals surface area contributed by atoms with Crippen LogP contribution in [0.15, 0.2) is 41.3 Å². The second-order valence-electron chi connectivity index (χ2n) is 7.00. The van der Waals surface area contributed by atoms with Crippen molar-refractivity contribution >= 4 is 29.3 Å². The van der Waals surface area contributed by atoms with E-state index in [1.165, 1.54) is 0 Å². The molecule has 0 unspecified atom stereocenters. The Labute approximate surface area is 178 Å². The predicted molar refractivity (Wildman–Crippen MR) is 111 cm³/mol. The lowest BCUT2D eigenvalue weighted by Gasteiger charge is -2.35. The zero-order chi connectivity index (χ0) is 20.9. The number of alkyl halides is 2. The highest BCUT2D eigenvalue weighted by Crippen LogP contribution is 2.29. The third-order valence-corrected chi connectivity index (χ3v) is 5.98. The number of anilines is 2. The summed E-state index contributed by atoms with van der Waals surface area (Å²) in [6.45, 7) is 5.22. The fourth-order valence-electron chi connectivity index (χ4n) is 3.60. The monoisotopic (exact) mass is 435 g/mol. The van der Waals surface area contributed by atoms with E-state index in [9.17, 15) is 13.6 Å². The zero-order valence-corrected chi connectivity index (χ0v) is 17.2. The van der Waals surface area contributed by atoms with Gasteiger partial charge in [-0.25, -0.2) is 0 Å². The highest BCUT2D eigenvalue weighted by molar-refractivity contribution is 7.99. The molecule has 10 heteroatoms. The number of thioether (sulfide) groups is 1. The van der Waals surface area contributed by atoms with Gasteiger partial charge in [-0.2, -0.15) is 8.78 Å². The molecule has 2 aromatic rings. The number of halogens is 2. The molecule has 0 radical (unpaired) electrons. The van der Waals surface area contributed by atoms with Crippen molar-refractivity contribution < 1.29 is 18.3 Å². The van der Waals surface area contributed by atoms with Gasteiger partial charge in [-0.15, -0.1) is 10.2 Å². The molecule has 0 N–H and O–H groups in total. The van der Waals surface area contributed by atoms with Gasteiger partial charge in [-0.05, 0) is 24.3 Å². The zero-order valence-electron chi connectivity index (χ0n) is 16.4. The summed E-state index contributed by atoms with van der Waals surface area (Å²) in [7, 11) is 0. The van der Waals surface area contributed by atoms with Gasteiger partial charge in [0.15, 0.2) is 11.6 Å². The maximum Gasteiger partial charge on any atom is 0.288 e. The Balaban J connectivity index is 1.36. The minimum atomic E-state index is -2.56. The number of carbonyl (C=O) groups is 1. The molecule has 1 amide bonds. The Hall–Kier alpha value is -2.46. The molecule has 30 heavy (non-hydrogen) atoms. The molecular weight excluding hydrogens is 412 g/mol. The lowest BCUT2D eigenvalue weighted by Crippen LogP contribution is -2.49. The van der Waals surface area contributed by atoms with Crippen LogP contribution in [0.3, 0.4) is 0 Å². The second-order valence-corrected chi connectivity index (χ2v) is 8.03. The van der Waals surface area contributed by atoms with Crippen LogP contribution in [-0.2, 0) is 4.74 Å². The summed E-state index contributed by atoms with van der Waals surface area (Å²) in [6.07, 6.45) is 0. The quantitative estimate of drug-likeness (QED) is 0.669. The number of benzene rings is 1. The topological polar surface area (TPSA) is 61.8 Å². The minimum Gasteiger partial charge on any atom is -0.378 e. The average Bonchev–Trinajstić information content (AvgIpc) is 2.79. The first-order chi connectivity index (χ1) is 14.6. The molecule has 4 rings (SSSR count). The smallest absolute Gasteiger partial charge is 0.288 e. The van der Waals surface area contributed by atoms with Gasteiger partial charge < -0.3 is 19.4 Å². The Morgan fingerprint density at radius 1 is 0.900 bits per heavy atom. The number of rotatable bonds is 5. The maximum atomic E-state index is 12.9. The van der Waals surface area contributed by atoms with Crippen LogP contribution in [0.1, 0.15) is 10.4 Å². The molecule has 7 nitrogen and oxygen atoms in total.